The topological polar surface area (TPSA) is 75.2 Å². The molecule has 0 radical (unpaired) electrons. The Morgan fingerprint density at radius 1 is 0.943 bits per heavy atom. The second-order valence-corrected chi connectivity index (χ2v) is 9.65. The van der Waals surface area contributed by atoms with Gasteiger partial charge in [-0.25, -0.2) is 4.39 Å². The van der Waals surface area contributed by atoms with Gasteiger partial charge in [-0.05, 0) is 42.3 Å². The number of amides is 2. The van der Waals surface area contributed by atoms with Gasteiger partial charge in [0.1, 0.15) is 10.8 Å². The van der Waals surface area contributed by atoms with Crippen molar-refractivity contribution in [3.63, 3.8) is 0 Å². The van der Waals surface area contributed by atoms with E-state index in [0.717, 1.165) is 15.6 Å². The van der Waals surface area contributed by atoms with Crippen LogP contribution in [0, 0.1) is 5.82 Å². The molecule has 35 heavy (non-hydrogen) atoms. The van der Waals surface area contributed by atoms with Crippen LogP contribution in [0.5, 0.6) is 0 Å². The third kappa shape index (κ3) is 7.03. The summed E-state index contributed by atoms with van der Waals surface area (Å²) >= 11 is 4.68. The van der Waals surface area contributed by atoms with E-state index in [9.17, 15) is 14.0 Å². The van der Waals surface area contributed by atoms with Crippen molar-refractivity contribution >= 4 is 44.2 Å². The van der Waals surface area contributed by atoms with E-state index >= 15 is 0 Å². The number of carbonyl (C=O) groups excluding carboxylic acids is 2. The molecule has 0 aliphatic carbocycles. The number of nitrogens with zero attached hydrogens (tertiary/aromatic N) is 3. The summed E-state index contributed by atoms with van der Waals surface area (Å²) in [4.78, 5) is 27.3. The minimum absolute atomic E-state index is 0.0725. The molecular formula is C26H22BrFN4O2S. The molecule has 1 aromatic heterocycles. The number of halogens is 2. The molecule has 0 bridgehead atoms. The maximum absolute atomic E-state index is 13.7. The Morgan fingerprint density at radius 3 is 2.46 bits per heavy atom. The minimum atomic E-state index is -0.477. The van der Waals surface area contributed by atoms with Crippen LogP contribution in [0.3, 0.4) is 0 Å². The number of nitrogens with one attached hydrogen (secondary N) is 1. The summed E-state index contributed by atoms with van der Waals surface area (Å²) in [6.07, 6.45) is 0.694. The average molecular weight is 553 g/mol. The molecule has 1 heterocycles. The normalized spacial score (nSPS) is 10.7. The van der Waals surface area contributed by atoms with E-state index in [2.05, 4.69) is 31.4 Å². The molecule has 4 rings (SSSR count). The van der Waals surface area contributed by atoms with Crippen molar-refractivity contribution in [3.8, 4) is 10.6 Å². The third-order valence-corrected chi connectivity index (χ3v) is 6.66. The Hall–Kier alpha value is -3.43. The van der Waals surface area contributed by atoms with Crippen LogP contribution in [0.15, 0.2) is 83.3 Å². The van der Waals surface area contributed by atoms with Crippen molar-refractivity contribution < 1.29 is 14.0 Å². The predicted molar refractivity (Wildman–Crippen MR) is 139 cm³/mol. The molecule has 0 aliphatic rings. The summed E-state index contributed by atoms with van der Waals surface area (Å²) in [5.41, 5.74) is 2.23. The van der Waals surface area contributed by atoms with Gasteiger partial charge in [0.2, 0.25) is 11.0 Å². The highest BCUT2D eigenvalue weighted by Gasteiger charge is 2.18. The van der Waals surface area contributed by atoms with Crippen LogP contribution in [0.1, 0.15) is 22.3 Å². The molecule has 6 nitrogen and oxygen atoms in total. The van der Waals surface area contributed by atoms with Crippen molar-refractivity contribution in [2.75, 3.05) is 18.4 Å². The zero-order valence-electron chi connectivity index (χ0n) is 18.7. The van der Waals surface area contributed by atoms with Crippen LogP contribution >= 0.6 is 27.3 Å². The van der Waals surface area contributed by atoms with Gasteiger partial charge < -0.3 is 10.2 Å². The van der Waals surface area contributed by atoms with Gasteiger partial charge >= 0.3 is 0 Å². The SMILES string of the molecule is O=C(CCN(CCc1ccccc1)C(=O)c1cccc(F)c1)Nc1nnc(-c2ccc(Br)cc2)s1. The highest BCUT2D eigenvalue weighted by Crippen LogP contribution is 2.27. The largest absolute Gasteiger partial charge is 0.338 e. The summed E-state index contributed by atoms with van der Waals surface area (Å²) in [6, 6.07) is 23.0. The predicted octanol–water partition coefficient (Wildman–Crippen LogP) is 5.82. The van der Waals surface area contributed by atoms with E-state index in [-0.39, 0.29) is 30.3 Å². The van der Waals surface area contributed by atoms with E-state index in [0.29, 0.717) is 23.1 Å². The number of benzene rings is 3. The number of rotatable bonds is 9. The molecule has 0 saturated carbocycles. The number of hydrogen-bond donors (Lipinski definition) is 1. The number of hydrogen-bond acceptors (Lipinski definition) is 5. The Balaban J connectivity index is 1.39. The van der Waals surface area contributed by atoms with Gasteiger partial charge in [-0.1, -0.05) is 75.8 Å². The highest BCUT2D eigenvalue weighted by molar-refractivity contribution is 9.10. The molecule has 4 aromatic rings. The van der Waals surface area contributed by atoms with Gasteiger partial charge in [0.15, 0.2) is 0 Å². The summed E-state index contributed by atoms with van der Waals surface area (Å²) in [6.45, 7) is 0.589. The molecule has 3 aromatic carbocycles. The lowest BCUT2D eigenvalue weighted by Crippen LogP contribution is -2.35. The molecule has 0 atom stereocenters. The smallest absolute Gasteiger partial charge is 0.253 e. The van der Waals surface area contributed by atoms with E-state index in [1.54, 1.807) is 11.0 Å². The first-order valence-electron chi connectivity index (χ1n) is 11.0. The minimum Gasteiger partial charge on any atom is -0.338 e. The van der Waals surface area contributed by atoms with Crippen LogP contribution in [0.2, 0.25) is 0 Å². The summed E-state index contributed by atoms with van der Waals surface area (Å²) in [5, 5.41) is 12.0. The molecule has 0 unspecified atom stereocenters. The maximum atomic E-state index is 13.7. The van der Waals surface area contributed by atoms with Crippen LogP contribution in [-0.2, 0) is 11.2 Å². The fourth-order valence-electron chi connectivity index (χ4n) is 3.43. The first-order valence-corrected chi connectivity index (χ1v) is 12.6. The van der Waals surface area contributed by atoms with Crippen molar-refractivity contribution in [3.05, 3.63) is 100 Å². The van der Waals surface area contributed by atoms with Gasteiger partial charge in [-0.2, -0.15) is 0 Å². The summed E-state index contributed by atoms with van der Waals surface area (Å²) in [7, 11) is 0. The van der Waals surface area contributed by atoms with Gasteiger partial charge in [0, 0.05) is 35.1 Å². The quantitative estimate of drug-likeness (QED) is 0.284. The molecule has 2 amide bonds. The molecule has 0 saturated heterocycles. The van der Waals surface area contributed by atoms with Gasteiger partial charge in [-0.3, -0.25) is 9.59 Å². The second-order valence-electron chi connectivity index (χ2n) is 7.76. The Bertz CT molecular complexity index is 1300. The first-order chi connectivity index (χ1) is 17.0. The van der Waals surface area contributed by atoms with Crippen molar-refractivity contribution in [2.45, 2.75) is 12.8 Å². The van der Waals surface area contributed by atoms with Crippen LogP contribution < -0.4 is 5.32 Å². The molecular weight excluding hydrogens is 531 g/mol. The fraction of sp³-hybridized carbons (Fsp3) is 0.154. The molecule has 0 spiro atoms. The van der Waals surface area contributed by atoms with Crippen LogP contribution in [0.4, 0.5) is 9.52 Å². The number of anilines is 1. The number of aromatic nitrogens is 2. The Morgan fingerprint density at radius 2 is 1.71 bits per heavy atom. The van der Waals surface area contributed by atoms with Crippen LogP contribution in [-0.4, -0.2) is 40.0 Å². The van der Waals surface area contributed by atoms with Crippen molar-refractivity contribution in [1.29, 1.82) is 0 Å². The highest BCUT2D eigenvalue weighted by atomic mass is 79.9. The van der Waals surface area contributed by atoms with E-state index < -0.39 is 5.82 Å². The second kappa shape index (κ2) is 11.8. The van der Waals surface area contributed by atoms with Crippen molar-refractivity contribution in [1.82, 2.24) is 15.1 Å². The molecule has 178 valence electrons. The third-order valence-electron chi connectivity index (χ3n) is 5.24. The lowest BCUT2D eigenvalue weighted by Gasteiger charge is -2.23. The van der Waals surface area contributed by atoms with Gasteiger partial charge in [0.05, 0.1) is 0 Å². The molecule has 0 aliphatic heterocycles. The average Bonchev–Trinajstić information content (AvgIpc) is 3.33. The zero-order valence-corrected chi connectivity index (χ0v) is 21.1. The van der Waals surface area contributed by atoms with Crippen molar-refractivity contribution in [2.24, 2.45) is 0 Å². The van der Waals surface area contributed by atoms with Crippen LogP contribution in [0.25, 0.3) is 10.6 Å². The lowest BCUT2D eigenvalue weighted by molar-refractivity contribution is -0.116. The molecule has 0 fully saturated rings. The van der Waals surface area contributed by atoms with E-state index in [1.807, 2.05) is 54.6 Å². The fourth-order valence-corrected chi connectivity index (χ4v) is 4.46. The summed E-state index contributed by atoms with van der Waals surface area (Å²) in [5.74, 6) is -1.07. The zero-order chi connectivity index (χ0) is 24.6. The standard InChI is InChI=1S/C26H22BrFN4O2S/c27-21-11-9-19(10-12-21)24-30-31-26(35-24)29-23(33)14-16-32(15-13-18-5-2-1-3-6-18)25(34)20-7-4-8-22(28)17-20/h1-12,17H,13-16H2,(H,29,31,33). The van der Waals surface area contributed by atoms with Gasteiger partial charge in [0.25, 0.3) is 5.91 Å². The lowest BCUT2D eigenvalue weighted by atomic mass is 10.1. The van der Waals surface area contributed by atoms with E-state index in [1.165, 1.54) is 29.5 Å². The monoisotopic (exact) mass is 552 g/mol. The molecule has 9 heteroatoms. The maximum Gasteiger partial charge on any atom is 0.253 e. The summed E-state index contributed by atoms with van der Waals surface area (Å²) < 4.78 is 14.7. The van der Waals surface area contributed by atoms with Gasteiger partial charge in [-0.15, -0.1) is 10.2 Å². The first kappa shape index (κ1) is 24.7. The number of carbonyl (C=O) groups is 2. The van der Waals surface area contributed by atoms with E-state index in [4.69, 9.17) is 0 Å². The Labute approximate surface area is 215 Å². The molecule has 1 N–H and O–H groups in total. The Kier molecular flexibility index (Phi) is 8.33.